The molecule has 2 aromatic carbocycles. The number of hydrogen-bond acceptors (Lipinski definition) is 7. The minimum Gasteiger partial charge on any atom is -0.452 e. The van der Waals surface area contributed by atoms with Crippen LogP contribution in [0.2, 0.25) is 0 Å². The average molecular weight is 414 g/mol. The van der Waals surface area contributed by atoms with Crippen LogP contribution >= 0.6 is 0 Å². The number of halogens is 2. The number of nitrogens with one attached hydrogen (secondary N) is 1. The predicted molar refractivity (Wildman–Crippen MR) is 91.5 cm³/mol. The molecule has 0 saturated heterocycles. The second kappa shape index (κ2) is 8.08. The fraction of sp³-hybridized carbons (Fsp3) is 0.125. The van der Waals surface area contributed by atoms with E-state index in [9.17, 15) is 36.9 Å². The molecule has 0 bridgehead atoms. The molecule has 0 spiro atoms. The SMILES string of the molecule is CS(=O)(=O)c1ccc(C(=O)OCC(=O)Nc2c(F)cccc2F)cc1[N+](=O)[O-]. The van der Waals surface area contributed by atoms with E-state index in [2.05, 4.69) is 4.74 Å². The molecule has 0 aliphatic heterocycles. The van der Waals surface area contributed by atoms with Crippen molar-refractivity contribution in [1.82, 2.24) is 0 Å². The third-order valence-corrected chi connectivity index (χ3v) is 4.50. The lowest BCUT2D eigenvalue weighted by atomic mass is 10.2. The summed E-state index contributed by atoms with van der Waals surface area (Å²) in [4.78, 5) is 33.1. The van der Waals surface area contributed by atoms with Crippen LogP contribution in [0.1, 0.15) is 10.4 Å². The molecule has 2 aromatic rings. The molecule has 12 heteroatoms. The highest BCUT2D eigenvalue weighted by Gasteiger charge is 2.24. The lowest BCUT2D eigenvalue weighted by molar-refractivity contribution is -0.387. The molecule has 1 N–H and O–H groups in total. The number of para-hydroxylation sites is 1. The van der Waals surface area contributed by atoms with Crippen LogP contribution in [0.5, 0.6) is 0 Å². The number of anilines is 1. The van der Waals surface area contributed by atoms with Crippen LogP contribution in [0, 0.1) is 21.7 Å². The van der Waals surface area contributed by atoms with E-state index in [1.54, 1.807) is 0 Å². The third kappa shape index (κ3) is 4.85. The number of hydrogen-bond donors (Lipinski definition) is 1. The van der Waals surface area contributed by atoms with Gasteiger partial charge >= 0.3 is 5.97 Å². The Bertz CT molecular complexity index is 1050. The molecule has 0 unspecified atom stereocenters. The first-order valence-electron chi connectivity index (χ1n) is 7.40. The summed E-state index contributed by atoms with van der Waals surface area (Å²) in [6.45, 7) is -0.936. The summed E-state index contributed by atoms with van der Waals surface area (Å²) in [5.74, 6) is -4.30. The molecule has 0 fully saturated rings. The number of sulfone groups is 1. The van der Waals surface area contributed by atoms with Crippen LogP contribution < -0.4 is 5.32 Å². The van der Waals surface area contributed by atoms with Gasteiger partial charge in [-0.2, -0.15) is 0 Å². The fourth-order valence-electron chi connectivity index (χ4n) is 2.11. The van der Waals surface area contributed by atoms with Gasteiger partial charge in [0.2, 0.25) is 0 Å². The second-order valence-corrected chi connectivity index (χ2v) is 7.42. The Morgan fingerprint density at radius 1 is 1.18 bits per heavy atom. The maximum Gasteiger partial charge on any atom is 0.338 e. The van der Waals surface area contributed by atoms with Gasteiger partial charge in [-0.1, -0.05) is 6.07 Å². The van der Waals surface area contributed by atoms with Gasteiger partial charge in [0, 0.05) is 12.3 Å². The van der Waals surface area contributed by atoms with Gasteiger partial charge in [0.05, 0.1) is 10.5 Å². The van der Waals surface area contributed by atoms with Gasteiger partial charge in [-0.15, -0.1) is 0 Å². The Morgan fingerprint density at radius 3 is 2.32 bits per heavy atom. The number of amides is 1. The number of benzene rings is 2. The molecular formula is C16H12F2N2O7S. The number of rotatable bonds is 6. The monoisotopic (exact) mass is 414 g/mol. The Labute approximate surface area is 157 Å². The van der Waals surface area contributed by atoms with E-state index in [0.717, 1.165) is 36.6 Å². The van der Waals surface area contributed by atoms with Crippen molar-refractivity contribution >= 4 is 33.1 Å². The van der Waals surface area contributed by atoms with Gasteiger partial charge in [-0.05, 0) is 24.3 Å². The van der Waals surface area contributed by atoms with Crippen molar-refractivity contribution in [2.45, 2.75) is 4.90 Å². The smallest absolute Gasteiger partial charge is 0.338 e. The number of nitrogens with zero attached hydrogens (tertiary/aromatic N) is 1. The molecule has 1 amide bonds. The van der Waals surface area contributed by atoms with Crippen LogP contribution in [0.15, 0.2) is 41.3 Å². The van der Waals surface area contributed by atoms with Crippen LogP contribution in [-0.2, 0) is 19.4 Å². The maximum atomic E-state index is 13.5. The van der Waals surface area contributed by atoms with E-state index < -0.39 is 61.1 Å². The van der Waals surface area contributed by atoms with Crippen molar-refractivity contribution in [3.05, 3.63) is 63.7 Å². The third-order valence-electron chi connectivity index (χ3n) is 3.35. The minimum absolute atomic E-state index is 0.385. The molecule has 2 rings (SSSR count). The highest BCUT2D eigenvalue weighted by Crippen LogP contribution is 2.25. The van der Waals surface area contributed by atoms with Crippen molar-refractivity contribution < 1.29 is 36.4 Å². The number of carbonyl (C=O) groups is 2. The molecule has 0 aliphatic rings. The molecule has 148 valence electrons. The van der Waals surface area contributed by atoms with E-state index in [-0.39, 0.29) is 5.56 Å². The van der Waals surface area contributed by atoms with Crippen molar-refractivity contribution in [2.24, 2.45) is 0 Å². The molecule has 9 nitrogen and oxygen atoms in total. The topological polar surface area (TPSA) is 133 Å². The quantitative estimate of drug-likeness (QED) is 0.435. The van der Waals surface area contributed by atoms with Crippen LogP contribution in [0.4, 0.5) is 20.2 Å². The first kappa shape index (κ1) is 20.9. The minimum atomic E-state index is -3.92. The molecule has 0 saturated carbocycles. The van der Waals surface area contributed by atoms with Crippen molar-refractivity contribution in [2.75, 3.05) is 18.2 Å². The van der Waals surface area contributed by atoms with Gasteiger partial charge in [0.1, 0.15) is 22.2 Å². The molecule has 0 aliphatic carbocycles. The van der Waals surface area contributed by atoms with Crippen molar-refractivity contribution in [1.29, 1.82) is 0 Å². The normalized spacial score (nSPS) is 11.0. The number of ether oxygens (including phenoxy) is 1. The van der Waals surface area contributed by atoms with Crippen LogP contribution in [0.3, 0.4) is 0 Å². The second-order valence-electron chi connectivity index (χ2n) is 5.43. The first-order valence-corrected chi connectivity index (χ1v) is 9.29. The standard InChI is InChI=1S/C16H12F2N2O7S/c1-28(25,26)13-6-5-9(7-12(13)20(23)24)16(22)27-8-14(21)19-15-10(17)3-2-4-11(15)18/h2-7H,8H2,1H3,(H,19,21). The molecule has 0 radical (unpaired) electrons. The van der Waals surface area contributed by atoms with Crippen LogP contribution in [0.25, 0.3) is 0 Å². The van der Waals surface area contributed by atoms with E-state index in [1.165, 1.54) is 0 Å². The Morgan fingerprint density at radius 2 is 1.79 bits per heavy atom. The average Bonchev–Trinajstić information content (AvgIpc) is 2.61. The molecule has 0 atom stereocenters. The summed E-state index contributed by atoms with van der Waals surface area (Å²) in [7, 11) is -3.92. The van der Waals surface area contributed by atoms with E-state index in [4.69, 9.17) is 0 Å². The highest BCUT2D eigenvalue weighted by molar-refractivity contribution is 7.90. The summed E-state index contributed by atoms with van der Waals surface area (Å²) < 4.78 is 54.6. The van der Waals surface area contributed by atoms with Gasteiger partial charge in [0.25, 0.3) is 11.6 Å². The number of carbonyl (C=O) groups excluding carboxylic acids is 2. The van der Waals surface area contributed by atoms with Crippen molar-refractivity contribution in [3.63, 3.8) is 0 Å². The zero-order valence-electron chi connectivity index (χ0n) is 14.1. The van der Waals surface area contributed by atoms with Gasteiger partial charge < -0.3 is 10.1 Å². The van der Waals surface area contributed by atoms with E-state index in [0.29, 0.717) is 6.07 Å². The fourth-order valence-corrected chi connectivity index (χ4v) is 2.94. The van der Waals surface area contributed by atoms with Gasteiger partial charge in [0.15, 0.2) is 16.4 Å². The number of nitro groups is 1. The maximum absolute atomic E-state index is 13.5. The first-order chi connectivity index (χ1) is 13.0. The summed E-state index contributed by atoms with van der Waals surface area (Å²) in [5.41, 5.74) is -1.95. The summed E-state index contributed by atoms with van der Waals surface area (Å²) in [5, 5.41) is 12.9. The number of nitro benzene ring substituents is 1. The van der Waals surface area contributed by atoms with Crippen molar-refractivity contribution in [3.8, 4) is 0 Å². The Kier molecular flexibility index (Phi) is 6.03. The number of esters is 1. The summed E-state index contributed by atoms with van der Waals surface area (Å²) in [6.07, 6.45) is 0.763. The van der Waals surface area contributed by atoms with E-state index >= 15 is 0 Å². The highest BCUT2D eigenvalue weighted by atomic mass is 32.2. The van der Waals surface area contributed by atoms with Gasteiger partial charge in [-0.25, -0.2) is 22.0 Å². The van der Waals surface area contributed by atoms with E-state index in [1.807, 2.05) is 5.32 Å². The summed E-state index contributed by atoms with van der Waals surface area (Å²) in [6, 6.07) is 5.43. The summed E-state index contributed by atoms with van der Waals surface area (Å²) >= 11 is 0. The lowest BCUT2D eigenvalue weighted by Crippen LogP contribution is -2.22. The largest absolute Gasteiger partial charge is 0.452 e. The molecule has 28 heavy (non-hydrogen) atoms. The zero-order chi connectivity index (χ0) is 21.1. The zero-order valence-corrected chi connectivity index (χ0v) is 15.0. The molecule has 0 aromatic heterocycles. The van der Waals surface area contributed by atoms with Gasteiger partial charge in [-0.3, -0.25) is 14.9 Å². The predicted octanol–water partition coefficient (Wildman–Crippen LogP) is 2.07. The lowest BCUT2D eigenvalue weighted by Gasteiger charge is -2.08. The van der Waals surface area contributed by atoms with Crippen LogP contribution in [-0.4, -0.2) is 38.1 Å². The molecular weight excluding hydrogens is 402 g/mol. The Balaban J connectivity index is 2.12. The molecule has 0 heterocycles. The Hall–Kier alpha value is -3.41.